The Labute approximate surface area is 105 Å². The minimum Gasteiger partial charge on any atom is -0.369 e. The highest BCUT2D eigenvalue weighted by molar-refractivity contribution is 6.33. The molecule has 0 radical (unpaired) electrons. The molecule has 0 N–H and O–H groups in total. The van der Waals surface area contributed by atoms with E-state index in [9.17, 15) is 0 Å². The lowest BCUT2D eigenvalue weighted by atomic mass is 10.2. The van der Waals surface area contributed by atoms with Gasteiger partial charge in [0, 0.05) is 31.5 Å². The van der Waals surface area contributed by atoms with Gasteiger partial charge < -0.3 is 9.42 Å². The fraction of sp³-hybridized carbons (Fsp3) is 0.333. The van der Waals surface area contributed by atoms with Gasteiger partial charge in [-0.05, 0) is 19.9 Å². The first kappa shape index (κ1) is 11.9. The Kier molecular flexibility index (Phi) is 3.33. The van der Waals surface area contributed by atoms with Crippen molar-refractivity contribution in [3.05, 3.63) is 40.5 Å². The fourth-order valence-electron chi connectivity index (χ4n) is 1.73. The average Bonchev–Trinajstić information content (AvgIpc) is 2.61. The monoisotopic (exact) mass is 251 g/mol. The first-order chi connectivity index (χ1) is 8.09. The predicted molar refractivity (Wildman–Crippen MR) is 67.3 cm³/mol. The Morgan fingerprint density at radius 2 is 2.18 bits per heavy atom. The highest BCUT2D eigenvalue weighted by Crippen LogP contribution is 2.25. The molecule has 2 aromatic heterocycles. The van der Waals surface area contributed by atoms with Gasteiger partial charge >= 0.3 is 0 Å². The van der Waals surface area contributed by atoms with E-state index in [4.69, 9.17) is 16.1 Å². The van der Waals surface area contributed by atoms with E-state index in [-0.39, 0.29) is 0 Å². The number of pyridine rings is 1. The van der Waals surface area contributed by atoms with Crippen LogP contribution in [0.25, 0.3) is 0 Å². The van der Waals surface area contributed by atoms with Gasteiger partial charge in [-0.3, -0.25) is 4.98 Å². The summed E-state index contributed by atoms with van der Waals surface area (Å²) in [5.41, 5.74) is 2.96. The molecule has 0 amide bonds. The molecular formula is C12H14ClN3O. The zero-order chi connectivity index (χ0) is 12.4. The summed E-state index contributed by atoms with van der Waals surface area (Å²) in [6, 6.07) is 1.89. The third kappa shape index (κ3) is 2.42. The Balaban J connectivity index is 2.23. The van der Waals surface area contributed by atoms with Crippen molar-refractivity contribution in [3.63, 3.8) is 0 Å². The van der Waals surface area contributed by atoms with Crippen molar-refractivity contribution in [1.29, 1.82) is 0 Å². The van der Waals surface area contributed by atoms with Gasteiger partial charge in [0.2, 0.25) is 0 Å². The summed E-state index contributed by atoms with van der Waals surface area (Å²) in [6.45, 7) is 4.57. The third-order valence-electron chi connectivity index (χ3n) is 2.74. The van der Waals surface area contributed by atoms with Crippen molar-refractivity contribution in [1.82, 2.24) is 10.1 Å². The van der Waals surface area contributed by atoms with Gasteiger partial charge in [-0.25, -0.2) is 0 Å². The molecule has 2 rings (SSSR count). The molecule has 0 aromatic carbocycles. The van der Waals surface area contributed by atoms with Gasteiger partial charge in [-0.1, -0.05) is 16.8 Å². The minimum atomic E-state index is 0.641. The van der Waals surface area contributed by atoms with Crippen LogP contribution in [0.3, 0.4) is 0 Å². The molecule has 0 aliphatic carbocycles. The van der Waals surface area contributed by atoms with E-state index < -0.39 is 0 Å². The van der Waals surface area contributed by atoms with E-state index in [1.807, 2.05) is 27.0 Å². The first-order valence-electron chi connectivity index (χ1n) is 5.32. The number of anilines is 1. The molecule has 0 unspecified atom stereocenters. The summed E-state index contributed by atoms with van der Waals surface area (Å²) in [4.78, 5) is 6.02. The second kappa shape index (κ2) is 4.75. The summed E-state index contributed by atoms with van der Waals surface area (Å²) in [6.07, 6.45) is 3.37. The lowest BCUT2D eigenvalue weighted by Crippen LogP contribution is -2.17. The standard InChI is InChI=1S/C12H14ClN3O/c1-8-10(9(2)17-15-8)7-16(3)12-4-5-14-6-11(12)13/h4-6H,7H2,1-3H3. The van der Waals surface area contributed by atoms with E-state index in [0.717, 1.165) is 22.7 Å². The molecular weight excluding hydrogens is 238 g/mol. The molecule has 0 fully saturated rings. The number of aromatic nitrogens is 2. The number of hydrogen-bond donors (Lipinski definition) is 0. The van der Waals surface area contributed by atoms with E-state index in [0.29, 0.717) is 11.6 Å². The Hall–Kier alpha value is -1.55. The molecule has 2 heterocycles. The lowest BCUT2D eigenvalue weighted by molar-refractivity contribution is 0.392. The van der Waals surface area contributed by atoms with Crippen LogP contribution in [-0.4, -0.2) is 17.2 Å². The molecule has 5 heteroatoms. The van der Waals surface area contributed by atoms with Crippen LogP contribution in [0.15, 0.2) is 23.0 Å². The Morgan fingerprint density at radius 1 is 1.41 bits per heavy atom. The number of aryl methyl sites for hydroxylation is 2. The second-order valence-electron chi connectivity index (χ2n) is 3.99. The maximum absolute atomic E-state index is 6.10. The van der Waals surface area contributed by atoms with Crippen molar-refractivity contribution >= 4 is 17.3 Å². The highest BCUT2D eigenvalue weighted by Gasteiger charge is 2.13. The lowest BCUT2D eigenvalue weighted by Gasteiger charge is -2.19. The van der Waals surface area contributed by atoms with Gasteiger partial charge in [-0.2, -0.15) is 0 Å². The number of hydrogen-bond acceptors (Lipinski definition) is 4. The Morgan fingerprint density at radius 3 is 2.76 bits per heavy atom. The molecule has 0 spiro atoms. The molecule has 0 saturated carbocycles. The zero-order valence-corrected chi connectivity index (χ0v) is 10.8. The van der Waals surface area contributed by atoms with E-state index >= 15 is 0 Å². The summed E-state index contributed by atoms with van der Waals surface area (Å²) < 4.78 is 5.14. The maximum atomic E-state index is 6.10. The molecule has 0 atom stereocenters. The summed E-state index contributed by atoms with van der Waals surface area (Å²) in [7, 11) is 1.98. The molecule has 0 aliphatic heterocycles. The molecule has 4 nitrogen and oxygen atoms in total. The van der Waals surface area contributed by atoms with Crippen LogP contribution < -0.4 is 4.90 Å². The quantitative estimate of drug-likeness (QED) is 0.841. The minimum absolute atomic E-state index is 0.641. The summed E-state index contributed by atoms with van der Waals surface area (Å²) in [5.74, 6) is 0.847. The predicted octanol–water partition coefficient (Wildman–Crippen LogP) is 2.98. The molecule has 0 aliphatic rings. The Bertz CT molecular complexity index is 505. The molecule has 17 heavy (non-hydrogen) atoms. The highest BCUT2D eigenvalue weighted by atomic mass is 35.5. The van der Waals surface area contributed by atoms with Crippen LogP contribution >= 0.6 is 11.6 Å². The smallest absolute Gasteiger partial charge is 0.138 e. The van der Waals surface area contributed by atoms with E-state index in [2.05, 4.69) is 15.0 Å². The van der Waals surface area contributed by atoms with Crippen LogP contribution in [0.1, 0.15) is 17.0 Å². The molecule has 0 bridgehead atoms. The topological polar surface area (TPSA) is 42.2 Å². The average molecular weight is 252 g/mol. The van der Waals surface area contributed by atoms with Crippen LogP contribution in [0.2, 0.25) is 5.02 Å². The van der Waals surface area contributed by atoms with Crippen molar-refractivity contribution < 1.29 is 4.52 Å². The third-order valence-corrected chi connectivity index (χ3v) is 3.03. The van der Waals surface area contributed by atoms with Crippen LogP contribution in [0, 0.1) is 13.8 Å². The van der Waals surface area contributed by atoms with Gasteiger partial charge in [0.05, 0.1) is 16.4 Å². The van der Waals surface area contributed by atoms with Gasteiger partial charge in [0.15, 0.2) is 0 Å². The van der Waals surface area contributed by atoms with Gasteiger partial charge in [0.1, 0.15) is 5.76 Å². The summed E-state index contributed by atoms with van der Waals surface area (Å²) >= 11 is 6.10. The second-order valence-corrected chi connectivity index (χ2v) is 4.39. The first-order valence-corrected chi connectivity index (χ1v) is 5.69. The van der Waals surface area contributed by atoms with Crippen molar-refractivity contribution in [2.45, 2.75) is 20.4 Å². The largest absolute Gasteiger partial charge is 0.369 e. The van der Waals surface area contributed by atoms with E-state index in [1.165, 1.54) is 0 Å². The van der Waals surface area contributed by atoms with E-state index in [1.54, 1.807) is 12.4 Å². The fourth-order valence-corrected chi connectivity index (χ4v) is 1.99. The van der Waals surface area contributed by atoms with Crippen molar-refractivity contribution in [2.24, 2.45) is 0 Å². The zero-order valence-electron chi connectivity index (χ0n) is 10.1. The molecule has 0 saturated heterocycles. The number of rotatable bonds is 3. The molecule has 90 valence electrons. The number of halogens is 1. The molecule has 2 aromatic rings. The van der Waals surface area contributed by atoms with Crippen LogP contribution in [-0.2, 0) is 6.54 Å². The van der Waals surface area contributed by atoms with Crippen molar-refractivity contribution in [2.75, 3.05) is 11.9 Å². The summed E-state index contributed by atoms with van der Waals surface area (Å²) in [5, 5.41) is 4.58. The van der Waals surface area contributed by atoms with Crippen LogP contribution in [0.4, 0.5) is 5.69 Å². The SMILES string of the molecule is Cc1noc(C)c1CN(C)c1ccncc1Cl. The van der Waals surface area contributed by atoms with Gasteiger partial charge in [0.25, 0.3) is 0 Å². The van der Waals surface area contributed by atoms with Crippen molar-refractivity contribution in [3.8, 4) is 0 Å². The van der Waals surface area contributed by atoms with Gasteiger partial charge in [-0.15, -0.1) is 0 Å². The number of nitrogens with zero attached hydrogens (tertiary/aromatic N) is 3. The van der Waals surface area contributed by atoms with Crippen LogP contribution in [0.5, 0.6) is 0 Å². The normalized spacial score (nSPS) is 10.6. The maximum Gasteiger partial charge on any atom is 0.138 e.